The SMILES string of the molecule is COc1ccc(C)cc1C(=O)Nc1ccc(CBr)cc1. The number of aryl methyl sites for hydroxylation is 1. The molecule has 0 atom stereocenters. The lowest BCUT2D eigenvalue weighted by atomic mass is 10.1. The molecule has 0 fully saturated rings. The number of amides is 1. The van der Waals surface area contributed by atoms with Crippen molar-refractivity contribution in [1.82, 2.24) is 0 Å². The normalized spacial score (nSPS) is 10.2. The fraction of sp³-hybridized carbons (Fsp3) is 0.188. The molecule has 1 N–H and O–H groups in total. The van der Waals surface area contributed by atoms with E-state index in [0.29, 0.717) is 11.3 Å². The Morgan fingerprint density at radius 2 is 1.90 bits per heavy atom. The Morgan fingerprint density at radius 1 is 1.20 bits per heavy atom. The second kappa shape index (κ2) is 6.57. The lowest BCUT2D eigenvalue weighted by molar-refractivity contribution is 0.102. The highest BCUT2D eigenvalue weighted by Crippen LogP contribution is 2.21. The third-order valence-electron chi connectivity index (χ3n) is 2.97. The van der Waals surface area contributed by atoms with E-state index in [4.69, 9.17) is 4.74 Å². The van der Waals surface area contributed by atoms with Gasteiger partial charge in [0.15, 0.2) is 0 Å². The van der Waals surface area contributed by atoms with E-state index < -0.39 is 0 Å². The second-order valence-electron chi connectivity index (χ2n) is 4.49. The Kier molecular flexibility index (Phi) is 4.79. The molecule has 104 valence electrons. The molecule has 1 amide bonds. The molecule has 2 rings (SSSR count). The summed E-state index contributed by atoms with van der Waals surface area (Å²) >= 11 is 3.39. The zero-order chi connectivity index (χ0) is 14.5. The van der Waals surface area contributed by atoms with Gasteiger partial charge in [-0.15, -0.1) is 0 Å². The van der Waals surface area contributed by atoms with Crippen molar-refractivity contribution < 1.29 is 9.53 Å². The van der Waals surface area contributed by atoms with Crippen molar-refractivity contribution in [2.24, 2.45) is 0 Å². The fourth-order valence-corrected chi connectivity index (χ4v) is 2.25. The van der Waals surface area contributed by atoms with Crippen molar-refractivity contribution in [2.75, 3.05) is 12.4 Å². The smallest absolute Gasteiger partial charge is 0.259 e. The van der Waals surface area contributed by atoms with E-state index in [1.807, 2.05) is 43.3 Å². The van der Waals surface area contributed by atoms with Crippen molar-refractivity contribution in [3.63, 3.8) is 0 Å². The van der Waals surface area contributed by atoms with Gasteiger partial charge in [-0.3, -0.25) is 4.79 Å². The van der Waals surface area contributed by atoms with Crippen LogP contribution in [0, 0.1) is 6.92 Å². The molecule has 0 aliphatic heterocycles. The van der Waals surface area contributed by atoms with E-state index in [9.17, 15) is 4.79 Å². The van der Waals surface area contributed by atoms with Gasteiger partial charge in [-0.05, 0) is 36.8 Å². The zero-order valence-electron chi connectivity index (χ0n) is 11.4. The number of rotatable bonds is 4. The second-order valence-corrected chi connectivity index (χ2v) is 5.05. The third-order valence-corrected chi connectivity index (χ3v) is 3.61. The maximum Gasteiger partial charge on any atom is 0.259 e. The molecular formula is C16H16BrNO2. The summed E-state index contributed by atoms with van der Waals surface area (Å²) in [5.41, 5.74) is 3.49. The topological polar surface area (TPSA) is 38.3 Å². The van der Waals surface area contributed by atoms with Crippen molar-refractivity contribution in [3.8, 4) is 5.75 Å². The summed E-state index contributed by atoms with van der Waals surface area (Å²) in [4.78, 5) is 12.3. The molecule has 0 aliphatic carbocycles. The molecule has 20 heavy (non-hydrogen) atoms. The van der Waals surface area contributed by atoms with Gasteiger partial charge in [-0.25, -0.2) is 0 Å². The van der Waals surface area contributed by atoms with Crippen LogP contribution >= 0.6 is 15.9 Å². The van der Waals surface area contributed by atoms with E-state index in [1.165, 1.54) is 0 Å². The largest absolute Gasteiger partial charge is 0.496 e. The summed E-state index contributed by atoms with van der Waals surface area (Å²) in [5, 5.41) is 3.68. The molecule has 0 heterocycles. The first-order valence-electron chi connectivity index (χ1n) is 6.25. The number of carbonyl (C=O) groups excluding carboxylic acids is 1. The van der Waals surface area contributed by atoms with Crippen LogP contribution in [0.15, 0.2) is 42.5 Å². The molecule has 0 saturated carbocycles. The maximum atomic E-state index is 12.3. The molecular weight excluding hydrogens is 318 g/mol. The van der Waals surface area contributed by atoms with Crippen LogP contribution in [0.25, 0.3) is 0 Å². The number of hydrogen-bond acceptors (Lipinski definition) is 2. The first-order chi connectivity index (χ1) is 9.63. The fourth-order valence-electron chi connectivity index (χ4n) is 1.87. The first kappa shape index (κ1) is 14.6. The van der Waals surface area contributed by atoms with Crippen molar-refractivity contribution in [3.05, 3.63) is 59.2 Å². The summed E-state index contributed by atoms with van der Waals surface area (Å²) in [5.74, 6) is 0.405. The molecule has 0 unspecified atom stereocenters. The molecule has 4 heteroatoms. The molecule has 0 radical (unpaired) electrons. The predicted octanol–water partition coefficient (Wildman–Crippen LogP) is 4.15. The van der Waals surface area contributed by atoms with Crippen LogP contribution in [0.3, 0.4) is 0 Å². The van der Waals surface area contributed by atoms with Gasteiger partial charge in [-0.2, -0.15) is 0 Å². The summed E-state index contributed by atoms with van der Waals surface area (Å²) in [7, 11) is 1.56. The van der Waals surface area contributed by atoms with Crippen LogP contribution in [0.1, 0.15) is 21.5 Å². The van der Waals surface area contributed by atoms with Crippen molar-refractivity contribution in [1.29, 1.82) is 0 Å². The Morgan fingerprint density at radius 3 is 2.50 bits per heavy atom. The van der Waals surface area contributed by atoms with Gasteiger partial charge >= 0.3 is 0 Å². The van der Waals surface area contributed by atoms with E-state index in [0.717, 1.165) is 22.1 Å². The van der Waals surface area contributed by atoms with Gasteiger partial charge < -0.3 is 10.1 Å². The average molecular weight is 334 g/mol. The Bertz CT molecular complexity index is 608. The first-order valence-corrected chi connectivity index (χ1v) is 7.37. The number of halogens is 1. The van der Waals surface area contributed by atoms with E-state index >= 15 is 0 Å². The average Bonchev–Trinajstić information content (AvgIpc) is 2.48. The Balaban J connectivity index is 2.20. The molecule has 0 bridgehead atoms. The van der Waals surface area contributed by atoms with Crippen LogP contribution in [-0.2, 0) is 5.33 Å². The van der Waals surface area contributed by atoms with Crippen molar-refractivity contribution >= 4 is 27.5 Å². The maximum absolute atomic E-state index is 12.3. The van der Waals surface area contributed by atoms with Crippen LogP contribution in [0.2, 0.25) is 0 Å². The number of methoxy groups -OCH3 is 1. The Hall–Kier alpha value is -1.81. The monoisotopic (exact) mass is 333 g/mol. The number of ether oxygens (including phenoxy) is 1. The van der Waals surface area contributed by atoms with Crippen LogP contribution in [-0.4, -0.2) is 13.0 Å². The van der Waals surface area contributed by atoms with Gasteiger partial charge in [0.1, 0.15) is 5.75 Å². The van der Waals surface area contributed by atoms with Gasteiger partial charge in [0.2, 0.25) is 0 Å². The predicted molar refractivity (Wildman–Crippen MR) is 84.8 cm³/mol. The molecule has 0 aliphatic rings. The lowest BCUT2D eigenvalue weighted by Gasteiger charge is -2.10. The van der Waals surface area contributed by atoms with E-state index in [-0.39, 0.29) is 5.91 Å². The zero-order valence-corrected chi connectivity index (χ0v) is 13.0. The minimum atomic E-state index is -0.169. The minimum absolute atomic E-state index is 0.169. The molecule has 2 aromatic rings. The van der Waals surface area contributed by atoms with Crippen LogP contribution in [0.4, 0.5) is 5.69 Å². The summed E-state index contributed by atoms with van der Waals surface area (Å²) < 4.78 is 5.23. The highest BCUT2D eigenvalue weighted by Gasteiger charge is 2.12. The number of nitrogens with one attached hydrogen (secondary N) is 1. The van der Waals surface area contributed by atoms with Gasteiger partial charge in [0, 0.05) is 11.0 Å². The number of carbonyl (C=O) groups is 1. The van der Waals surface area contributed by atoms with Crippen molar-refractivity contribution in [2.45, 2.75) is 12.3 Å². The third kappa shape index (κ3) is 3.39. The lowest BCUT2D eigenvalue weighted by Crippen LogP contribution is -2.13. The molecule has 2 aromatic carbocycles. The molecule has 0 saturated heterocycles. The summed E-state index contributed by atoms with van der Waals surface area (Å²) in [6.45, 7) is 1.95. The van der Waals surface area contributed by atoms with Gasteiger partial charge in [0.05, 0.1) is 12.7 Å². The number of hydrogen-bond donors (Lipinski definition) is 1. The van der Waals surface area contributed by atoms with E-state index in [2.05, 4.69) is 21.2 Å². The van der Waals surface area contributed by atoms with E-state index in [1.54, 1.807) is 13.2 Å². The molecule has 3 nitrogen and oxygen atoms in total. The quantitative estimate of drug-likeness (QED) is 0.853. The molecule has 0 aromatic heterocycles. The number of anilines is 1. The Labute approximate surface area is 127 Å². The highest BCUT2D eigenvalue weighted by molar-refractivity contribution is 9.08. The van der Waals surface area contributed by atoms with Gasteiger partial charge in [-0.1, -0.05) is 39.7 Å². The number of benzene rings is 2. The van der Waals surface area contributed by atoms with Gasteiger partial charge in [0.25, 0.3) is 5.91 Å². The highest BCUT2D eigenvalue weighted by atomic mass is 79.9. The van der Waals surface area contributed by atoms with Crippen LogP contribution < -0.4 is 10.1 Å². The standard InChI is InChI=1S/C16H16BrNO2/c1-11-3-8-15(20-2)14(9-11)16(19)18-13-6-4-12(10-17)5-7-13/h3-9H,10H2,1-2H3,(H,18,19). The molecule has 0 spiro atoms. The summed E-state index contributed by atoms with van der Waals surface area (Å²) in [6, 6.07) is 13.3. The van der Waals surface area contributed by atoms with Crippen LogP contribution in [0.5, 0.6) is 5.75 Å². The summed E-state index contributed by atoms with van der Waals surface area (Å²) in [6.07, 6.45) is 0. The number of alkyl halides is 1. The minimum Gasteiger partial charge on any atom is -0.496 e.